The van der Waals surface area contributed by atoms with Crippen molar-refractivity contribution in [3.63, 3.8) is 0 Å². The molecule has 0 aromatic carbocycles. The Kier molecular flexibility index (Phi) is 5.92. The van der Waals surface area contributed by atoms with E-state index in [0.29, 0.717) is 5.69 Å². The highest BCUT2D eigenvalue weighted by atomic mass is 32.2. The molecule has 1 fully saturated rings. The van der Waals surface area contributed by atoms with Gasteiger partial charge in [-0.1, -0.05) is 6.92 Å². The molecule has 1 atom stereocenters. The first-order valence-corrected chi connectivity index (χ1v) is 12.0. The third-order valence-corrected chi connectivity index (χ3v) is 7.53. The topological polar surface area (TPSA) is 80.2 Å². The van der Waals surface area contributed by atoms with Crippen molar-refractivity contribution in [1.82, 2.24) is 9.97 Å². The minimum absolute atomic E-state index is 0.000477. The normalized spacial score (nSPS) is 17.9. The van der Waals surface area contributed by atoms with Crippen LogP contribution >= 0.6 is 0 Å². The van der Waals surface area contributed by atoms with Gasteiger partial charge in [-0.15, -0.1) is 0 Å². The number of aromatic nitrogens is 2. The Hall–Kier alpha value is -2.63. The molecule has 0 N–H and O–H groups in total. The molecule has 2 aromatic rings. The monoisotopic (exact) mass is 489 g/mol. The molecule has 0 bridgehead atoms. The van der Waals surface area contributed by atoms with Gasteiger partial charge < -0.3 is 0 Å². The van der Waals surface area contributed by atoms with Crippen LogP contribution in [0.5, 0.6) is 0 Å². The van der Waals surface area contributed by atoms with Gasteiger partial charge >= 0.3 is 12.3 Å². The van der Waals surface area contributed by atoms with E-state index in [1.54, 1.807) is 6.07 Å². The molecule has 178 valence electrons. The molecule has 1 unspecified atom stereocenters. The van der Waals surface area contributed by atoms with Crippen molar-refractivity contribution in [2.75, 3.05) is 10.7 Å². The number of pyridine rings is 2. The SMILES string of the molecule is CCS(=O)(=O)c1ccc(C2CC2)nc1-c1cc2c(cn1)N(C(F)C(F)(F)C(F)F)C(=O)CC2. The second kappa shape index (κ2) is 8.30. The van der Waals surface area contributed by atoms with Crippen LogP contribution in [0.15, 0.2) is 29.3 Å². The fourth-order valence-electron chi connectivity index (χ4n) is 3.72. The maximum absolute atomic E-state index is 14.4. The number of amides is 1. The van der Waals surface area contributed by atoms with E-state index < -0.39 is 34.4 Å². The van der Waals surface area contributed by atoms with Crippen molar-refractivity contribution in [1.29, 1.82) is 0 Å². The summed E-state index contributed by atoms with van der Waals surface area (Å²) in [5, 5.41) is 0. The number of nitrogens with zero attached hydrogens (tertiary/aromatic N) is 3. The van der Waals surface area contributed by atoms with Gasteiger partial charge in [-0.3, -0.25) is 14.7 Å². The molecule has 3 heterocycles. The van der Waals surface area contributed by atoms with Crippen LogP contribution in [0.3, 0.4) is 0 Å². The smallest absolute Gasteiger partial charge is 0.274 e. The first-order valence-electron chi connectivity index (χ1n) is 10.3. The van der Waals surface area contributed by atoms with Crippen molar-refractivity contribution < 1.29 is 35.2 Å². The van der Waals surface area contributed by atoms with Gasteiger partial charge in [0.05, 0.1) is 28.2 Å². The van der Waals surface area contributed by atoms with E-state index in [9.17, 15) is 35.2 Å². The summed E-state index contributed by atoms with van der Waals surface area (Å²) < 4.78 is 92.4. The average Bonchev–Trinajstić information content (AvgIpc) is 3.63. The number of halogens is 5. The molecule has 0 radical (unpaired) electrons. The second-order valence-electron chi connectivity index (χ2n) is 8.03. The van der Waals surface area contributed by atoms with E-state index >= 15 is 0 Å². The standard InChI is InChI=1S/C21H20F5N3O3S/c1-2-33(31,32)16-7-6-13(11-3-4-11)28-18(16)14-9-12-5-8-17(30)29(15(12)10-27-14)20(24)21(25,26)19(22)23/h6-7,9-11,19-20H,2-5,8H2,1H3. The number of aryl methyl sites for hydroxylation is 1. The first kappa shape index (κ1) is 23.5. The highest BCUT2D eigenvalue weighted by molar-refractivity contribution is 7.91. The van der Waals surface area contributed by atoms with Crippen LogP contribution in [0.1, 0.15) is 43.4 Å². The van der Waals surface area contributed by atoms with Gasteiger partial charge in [-0.2, -0.15) is 8.78 Å². The number of anilines is 1. The molecule has 4 rings (SSSR count). The molecule has 2 aliphatic rings. The molecule has 6 nitrogen and oxygen atoms in total. The lowest BCUT2D eigenvalue weighted by Crippen LogP contribution is -2.53. The number of hydrogen-bond donors (Lipinski definition) is 0. The van der Waals surface area contributed by atoms with Gasteiger partial charge in [0.2, 0.25) is 12.2 Å². The summed E-state index contributed by atoms with van der Waals surface area (Å²) in [7, 11) is -3.69. The predicted octanol–water partition coefficient (Wildman–Crippen LogP) is 4.29. The van der Waals surface area contributed by atoms with E-state index in [1.807, 2.05) is 0 Å². The summed E-state index contributed by atoms with van der Waals surface area (Å²) in [6, 6.07) is 4.44. The number of rotatable bonds is 7. The zero-order valence-electron chi connectivity index (χ0n) is 17.4. The van der Waals surface area contributed by atoms with Crippen molar-refractivity contribution in [3.05, 3.63) is 35.7 Å². The van der Waals surface area contributed by atoms with Gasteiger partial charge in [-0.25, -0.2) is 26.6 Å². The summed E-state index contributed by atoms with van der Waals surface area (Å²) in [6.45, 7) is 1.47. The molecule has 1 saturated carbocycles. The number of carbonyl (C=O) groups excluding carboxylic acids is 1. The summed E-state index contributed by atoms with van der Waals surface area (Å²) in [6.07, 6.45) is -5.51. The largest absolute Gasteiger partial charge is 0.356 e. The maximum atomic E-state index is 14.4. The lowest BCUT2D eigenvalue weighted by molar-refractivity contribution is -0.173. The molecule has 1 amide bonds. The van der Waals surface area contributed by atoms with Crippen molar-refractivity contribution in [2.24, 2.45) is 0 Å². The summed E-state index contributed by atoms with van der Waals surface area (Å²) in [5.41, 5.74) is 0.708. The zero-order chi connectivity index (χ0) is 24.1. The molecule has 12 heteroatoms. The Bertz CT molecular complexity index is 1200. The van der Waals surface area contributed by atoms with Crippen LogP contribution in [0.4, 0.5) is 27.6 Å². The van der Waals surface area contributed by atoms with Crippen LogP contribution < -0.4 is 4.90 Å². The Morgan fingerprint density at radius 1 is 1.18 bits per heavy atom. The van der Waals surface area contributed by atoms with Crippen molar-refractivity contribution in [2.45, 2.75) is 62.1 Å². The highest BCUT2D eigenvalue weighted by Gasteiger charge is 2.54. The molecule has 0 spiro atoms. The van der Waals surface area contributed by atoms with Crippen LogP contribution in [0.2, 0.25) is 0 Å². The van der Waals surface area contributed by atoms with Gasteiger partial charge in [0.25, 0.3) is 0 Å². The summed E-state index contributed by atoms with van der Waals surface area (Å²) in [4.78, 5) is 20.7. The fourth-order valence-corrected chi connectivity index (χ4v) is 4.75. The Balaban J connectivity index is 1.81. The number of alkyl halides is 5. The van der Waals surface area contributed by atoms with Crippen LogP contribution in [0.25, 0.3) is 11.4 Å². The third-order valence-electron chi connectivity index (χ3n) is 5.77. The minimum Gasteiger partial charge on any atom is -0.274 e. The minimum atomic E-state index is -5.08. The van der Waals surface area contributed by atoms with Crippen molar-refractivity contribution >= 4 is 21.4 Å². The van der Waals surface area contributed by atoms with Gasteiger partial charge in [-0.05, 0) is 43.0 Å². The maximum Gasteiger partial charge on any atom is 0.356 e. The quantitative estimate of drug-likeness (QED) is 0.428. The molecule has 1 aliphatic heterocycles. The van der Waals surface area contributed by atoms with E-state index in [0.717, 1.165) is 19.0 Å². The van der Waals surface area contributed by atoms with E-state index in [-0.39, 0.29) is 56.9 Å². The van der Waals surface area contributed by atoms with E-state index in [4.69, 9.17) is 0 Å². The number of hydrogen-bond acceptors (Lipinski definition) is 5. The Morgan fingerprint density at radius 2 is 1.88 bits per heavy atom. The average molecular weight is 489 g/mol. The summed E-state index contributed by atoms with van der Waals surface area (Å²) in [5.74, 6) is -6.14. The Labute approximate surface area is 186 Å². The molecule has 33 heavy (non-hydrogen) atoms. The van der Waals surface area contributed by atoms with Crippen LogP contribution in [0, 0.1) is 0 Å². The lowest BCUT2D eigenvalue weighted by atomic mass is 10.00. The van der Waals surface area contributed by atoms with Crippen molar-refractivity contribution in [3.8, 4) is 11.4 Å². The van der Waals surface area contributed by atoms with Crippen LogP contribution in [-0.4, -0.2) is 48.7 Å². The van der Waals surface area contributed by atoms with Gasteiger partial charge in [0.1, 0.15) is 5.69 Å². The summed E-state index contributed by atoms with van der Waals surface area (Å²) >= 11 is 0. The number of fused-ring (bicyclic) bond motifs is 1. The van der Waals surface area contributed by atoms with Crippen LogP contribution in [-0.2, 0) is 21.1 Å². The van der Waals surface area contributed by atoms with Gasteiger partial charge in [0, 0.05) is 18.0 Å². The fraction of sp³-hybridized carbons (Fsp3) is 0.476. The molecular weight excluding hydrogens is 469 g/mol. The first-order chi connectivity index (χ1) is 15.5. The number of sulfone groups is 1. The number of carbonyl (C=O) groups is 1. The highest BCUT2D eigenvalue weighted by Crippen LogP contribution is 2.42. The zero-order valence-corrected chi connectivity index (χ0v) is 18.3. The lowest BCUT2D eigenvalue weighted by Gasteiger charge is -2.34. The Morgan fingerprint density at radius 3 is 2.48 bits per heavy atom. The predicted molar refractivity (Wildman–Crippen MR) is 109 cm³/mol. The van der Waals surface area contributed by atoms with Gasteiger partial charge in [0.15, 0.2) is 9.84 Å². The van der Waals surface area contributed by atoms with E-state index in [1.165, 1.54) is 19.1 Å². The molecule has 1 aliphatic carbocycles. The third kappa shape index (κ3) is 4.20. The molecular formula is C21H20F5N3O3S. The molecule has 0 saturated heterocycles. The molecule has 2 aromatic heterocycles. The van der Waals surface area contributed by atoms with E-state index in [2.05, 4.69) is 9.97 Å². The second-order valence-corrected chi connectivity index (χ2v) is 10.3.